The molecule has 4 nitrogen and oxygen atoms in total. The summed E-state index contributed by atoms with van der Waals surface area (Å²) in [4.78, 5) is 11.6. The molecule has 0 amide bonds. The molecule has 2 N–H and O–H groups in total. The lowest BCUT2D eigenvalue weighted by molar-refractivity contribution is -0.169. The minimum Gasteiger partial charge on any atom is -0.436 e. The van der Waals surface area contributed by atoms with Crippen molar-refractivity contribution in [3.8, 4) is 0 Å². The fourth-order valence-corrected chi connectivity index (χ4v) is 2.96. The van der Waals surface area contributed by atoms with E-state index in [1.165, 1.54) is 38.5 Å². The molecule has 0 fully saturated rings. The normalized spacial score (nSPS) is 12.8. The third-order valence-electron chi connectivity index (χ3n) is 4.71. The van der Waals surface area contributed by atoms with Crippen molar-refractivity contribution in [3.63, 3.8) is 0 Å². The largest absolute Gasteiger partial charge is 0.436 e. The zero-order valence-electron chi connectivity index (χ0n) is 18.1. The highest BCUT2D eigenvalue weighted by atomic mass is 16.6. The smallest absolute Gasteiger partial charge is 0.308 e. The van der Waals surface area contributed by atoms with Crippen LogP contribution in [0, 0.1) is 0 Å². The lowest BCUT2D eigenvalue weighted by Crippen LogP contribution is -2.17. The van der Waals surface area contributed by atoms with Gasteiger partial charge in [-0.1, -0.05) is 69.8 Å². The first-order valence-corrected chi connectivity index (χ1v) is 11.5. The number of carbonyl (C=O) groups is 1. The Morgan fingerprint density at radius 3 is 2.11 bits per heavy atom. The van der Waals surface area contributed by atoms with Gasteiger partial charge in [0.1, 0.15) is 0 Å². The highest BCUT2D eigenvalue weighted by Crippen LogP contribution is 2.10. The van der Waals surface area contributed by atoms with Crippen LogP contribution in [0.15, 0.2) is 24.3 Å². The lowest BCUT2D eigenvalue weighted by atomic mass is 10.1. The number of hydrogen-bond acceptors (Lipinski definition) is 4. The van der Waals surface area contributed by atoms with E-state index in [0.29, 0.717) is 12.8 Å². The Morgan fingerprint density at radius 1 is 0.821 bits per heavy atom. The van der Waals surface area contributed by atoms with E-state index in [1.807, 2.05) is 0 Å². The molecule has 0 rings (SSSR count). The first-order chi connectivity index (χ1) is 13.7. The second-order valence-corrected chi connectivity index (χ2v) is 7.50. The monoisotopic (exact) mass is 396 g/mol. The summed E-state index contributed by atoms with van der Waals surface area (Å²) in [6.45, 7) is 2.40. The topological polar surface area (TPSA) is 66.8 Å². The van der Waals surface area contributed by atoms with Crippen molar-refractivity contribution in [2.75, 3.05) is 6.61 Å². The zero-order chi connectivity index (χ0) is 20.7. The van der Waals surface area contributed by atoms with Gasteiger partial charge in [0, 0.05) is 19.4 Å². The summed E-state index contributed by atoms with van der Waals surface area (Å²) in [6, 6.07) is 0. The molecular weight excluding hydrogens is 352 g/mol. The van der Waals surface area contributed by atoms with Gasteiger partial charge >= 0.3 is 5.97 Å². The molecule has 28 heavy (non-hydrogen) atoms. The van der Waals surface area contributed by atoms with Crippen LogP contribution in [0.4, 0.5) is 0 Å². The molecular formula is C24H44O4. The third kappa shape index (κ3) is 21.2. The highest BCUT2D eigenvalue weighted by molar-refractivity contribution is 5.69. The minimum absolute atomic E-state index is 0.169. The molecule has 0 aliphatic rings. The van der Waals surface area contributed by atoms with Gasteiger partial charge in [-0.05, 0) is 51.4 Å². The van der Waals surface area contributed by atoms with Gasteiger partial charge in [0.2, 0.25) is 6.29 Å². The molecule has 0 bridgehead atoms. The summed E-state index contributed by atoms with van der Waals surface area (Å²) >= 11 is 0. The Hall–Kier alpha value is -1.13. The Balaban J connectivity index is 3.37. The number of hydrogen-bond donors (Lipinski definition) is 2. The van der Waals surface area contributed by atoms with Gasteiger partial charge < -0.3 is 14.9 Å². The molecule has 0 aliphatic heterocycles. The van der Waals surface area contributed by atoms with Crippen molar-refractivity contribution < 1.29 is 19.7 Å². The molecule has 4 heteroatoms. The van der Waals surface area contributed by atoms with Gasteiger partial charge in [-0.2, -0.15) is 0 Å². The first-order valence-electron chi connectivity index (χ1n) is 11.5. The summed E-state index contributed by atoms with van der Waals surface area (Å²) in [5.74, 6) is -0.305. The molecule has 0 saturated heterocycles. The fraction of sp³-hybridized carbons (Fsp3) is 0.792. The van der Waals surface area contributed by atoms with E-state index in [9.17, 15) is 9.90 Å². The van der Waals surface area contributed by atoms with Gasteiger partial charge in [-0.3, -0.25) is 4.79 Å². The van der Waals surface area contributed by atoms with Crippen molar-refractivity contribution in [2.24, 2.45) is 0 Å². The number of aliphatic hydroxyl groups is 2. The van der Waals surface area contributed by atoms with Gasteiger partial charge in [0.15, 0.2) is 0 Å². The molecule has 0 aromatic rings. The van der Waals surface area contributed by atoms with Crippen molar-refractivity contribution in [2.45, 2.75) is 116 Å². The van der Waals surface area contributed by atoms with Crippen LogP contribution in [0.5, 0.6) is 0 Å². The number of aliphatic hydroxyl groups excluding tert-OH is 2. The maximum atomic E-state index is 11.6. The van der Waals surface area contributed by atoms with E-state index >= 15 is 0 Å². The number of carbonyl (C=O) groups excluding carboxylic acids is 1. The van der Waals surface area contributed by atoms with Crippen LogP contribution < -0.4 is 0 Å². The van der Waals surface area contributed by atoms with Crippen LogP contribution in [0.2, 0.25) is 0 Å². The number of ether oxygens (including phenoxy) is 1. The standard InChI is InChI=1S/C24H44O4/c1-2-3-4-5-6-7-8-9-10-11-12-13-14-15-17-20-23(26)28-24(27)21-18-16-19-22-25/h6-7,9-10,24-25,27H,2-5,8,11-22H2,1H3/b7-6-,10-9-. The molecule has 0 spiro atoms. The molecule has 1 unspecified atom stereocenters. The SMILES string of the molecule is CCCCC/C=C\C/C=C\CCCCCCCC(=O)OC(O)CCCCCO. The number of allylic oxidation sites excluding steroid dienone is 4. The first kappa shape index (κ1) is 26.9. The molecule has 0 heterocycles. The summed E-state index contributed by atoms with van der Waals surface area (Å²) in [5, 5.41) is 18.3. The Labute approximate surface area is 173 Å². The summed E-state index contributed by atoms with van der Waals surface area (Å²) in [7, 11) is 0. The predicted molar refractivity (Wildman–Crippen MR) is 117 cm³/mol. The second-order valence-electron chi connectivity index (χ2n) is 7.50. The van der Waals surface area contributed by atoms with Gasteiger partial charge in [0.05, 0.1) is 0 Å². The van der Waals surface area contributed by atoms with Crippen LogP contribution in [0.25, 0.3) is 0 Å². The van der Waals surface area contributed by atoms with Crippen molar-refractivity contribution in [1.29, 1.82) is 0 Å². The van der Waals surface area contributed by atoms with Crippen LogP contribution in [0.1, 0.15) is 110 Å². The average molecular weight is 397 g/mol. The Bertz CT molecular complexity index is 390. The maximum Gasteiger partial charge on any atom is 0.308 e. The Kier molecular flexibility index (Phi) is 21.3. The van der Waals surface area contributed by atoms with Crippen LogP contribution in [0.3, 0.4) is 0 Å². The molecule has 1 atom stereocenters. The molecule has 164 valence electrons. The number of unbranched alkanes of at least 4 members (excludes halogenated alkanes) is 10. The fourth-order valence-electron chi connectivity index (χ4n) is 2.96. The summed E-state index contributed by atoms with van der Waals surface area (Å²) < 4.78 is 4.99. The molecule has 0 aromatic heterocycles. The molecule has 0 saturated carbocycles. The van der Waals surface area contributed by atoms with E-state index in [-0.39, 0.29) is 12.6 Å². The van der Waals surface area contributed by atoms with E-state index in [4.69, 9.17) is 9.84 Å². The van der Waals surface area contributed by atoms with E-state index in [2.05, 4.69) is 31.2 Å². The number of esters is 1. The van der Waals surface area contributed by atoms with Gasteiger partial charge in [-0.15, -0.1) is 0 Å². The molecule has 0 aromatic carbocycles. The van der Waals surface area contributed by atoms with E-state index in [0.717, 1.165) is 51.4 Å². The van der Waals surface area contributed by atoms with Crippen molar-refractivity contribution >= 4 is 5.97 Å². The summed E-state index contributed by atoms with van der Waals surface area (Å²) in [5.41, 5.74) is 0. The second kappa shape index (κ2) is 22.2. The zero-order valence-corrected chi connectivity index (χ0v) is 18.1. The minimum atomic E-state index is -0.996. The summed E-state index contributed by atoms with van der Waals surface area (Å²) in [6.07, 6.45) is 24.0. The third-order valence-corrected chi connectivity index (χ3v) is 4.71. The lowest BCUT2D eigenvalue weighted by Gasteiger charge is -2.11. The van der Waals surface area contributed by atoms with E-state index < -0.39 is 6.29 Å². The predicted octanol–water partition coefficient (Wildman–Crippen LogP) is 6.21. The number of rotatable bonds is 20. The van der Waals surface area contributed by atoms with E-state index in [1.54, 1.807) is 0 Å². The van der Waals surface area contributed by atoms with Gasteiger partial charge in [0.25, 0.3) is 0 Å². The quantitative estimate of drug-likeness (QED) is 0.111. The van der Waals surface area contributed by atoms with Gasteiger partial charge in [-0.25, -0.2) is 0 Å². The Morgan fingerprint density at radius 2 is 1.43 bits per heavy atom. The van der Waals surface area contributed by atoms with Crippen LogP contribution >= 0.6 is 0 Å². The maximum absolute atomic E-state index is 11.6. The van der Waals surface area contributed by atoms with Crippen molar-refractivity contribution in [3.05, 3.63) is 24.3 Å². The van der Waals surface area contributed by atoms with Crippen LogP contribution in [-0.2, 0) is 9.53 Å². The average Bonchev–Trinajstić information content (AvgIpc) is 2.68. The van der Waals surface area contributed by atoms with Crippen LogP contribution in [-0.4, -0.2) is 29.1 Å². The highest BCUT2D eigenvalue weighted by Gasteiger charge is 2.10. The van der Waals surface area contributed by atoms with Crippen molar-refractivity contribution in [1.82, 2.24) is 0 Å². The molecule has 0 radical (unpaired) electrons. The molecule has 0 aliphatic carbocycles.